The predicted molar refractivity (Wildman–Crippen MR) is 86.5 cm³/mol. The van der Waals surface area contributed by atoms with E-state index >= 15 is 0 Å². The first-order chi connectivity index (χ1) is 11.3. The van der Waals surface area contributed by atoms with E-state index in [9.17, 15) is 0 Å². The summed E-state index contributed by atoms with van der Waals surface area (Å²) in [7, 11) is 0. The molecule has 23 heavy (non-hydrogen) atoms. The number of hydrogen-bond donors (Lipinski definition) is 0. The molecule has 0 atom stereocenters. The van der Waals surface area contributed by atoms with E-state index in [2.05, 4.69) is 23.2 Å². The Labute approximate surface area is 134 Å². The van der Waals surface area contributed by atoms with E-state index in [1.165, 1.54) is 5.56 Å². The molecule has 1 aromatic heterocycles. The van der Waals surface area contributed by atoms with E-state index < -0.39 is 0 Å². The maximum atomic E-state index is 5.65. The van der Waals surface area contributed by atoms with Gasteiger partial charge in [0.15, 0.2) is 0 Å². The number of benzene rings is 2. The Morgan fingerprint density at radius 2 is 1.74 bits per heavy atom. The van der Waals surface area contributed by atoms with Crippen LogP contribution in [-0.4, -0.2) is 23.4 Å². The molecular formula is C18H18N2O3. The maximum absolute atomic E-state index is 5.65. The summed E-state index contributed by atoms with van der Waals surface area (Å²) in [4.78, 5) is 0. The van der Waals surface area contributed by atoms with Gasteiger partial charge in [0.05, 0.1) is 0 Å². The molecule has 5 nitrogen and oxygen atoms in total. The highest BCUT2D eigenvalue weighted by Crippen LogP contribution is 2.20. The quantitative estimate of drug-likeness (QED) is 0.622. The highest BCUT2D eigenvalue weighted by Gasteiger charge is 2.08. The second kappa shape index (κ2) is 7.45. The minimum Gasteiger partial charge on any atom is -0.490 e. The normalized spacial score (nSPS) is 10.5. The minimum absolute atomic E-state index is 0.148. The van der Waals surface area contributed by atoms with Gasteiger partial charge in [-0.3, -0.25) is 0 Å². The molecule has 0 aliphatic heterocycles. The molecule has 0 N–H and O–H groups in total. The Balaban J connectivity index is 1.48. The maximum Gasteiger partial charge on any atom is 0.415 e. The molecule has 0 bridgehead atoms. The molecule has 3 rings (SSSR count). The van der Waals surface area contributed by atoms with Crippen LogP contribution in [0, 0.1) is 0 Å². The van der Waals surface area contributed by atoms with Crippen LogP contribution >= 0.6 is 0 Å². The fraction of sp³-hybridized carbons (Fsp3) is 0.222. The van der Waals surface area contributed by atoms with Gasteiger partial charge in [0.25, 0.3) is 5.89 Å². The van der Waals surface area contributed by atoms with Crippen LogP contribution in [0.25, 0.3) is 11.5 Å². The van der Waals surface area contributed by atoms with Crippen LogP contribution in [0.1, 0.15) is 12.5 Å². The highest BCUT2D eigenvalue weighted by molar-refractivity contribution is 5.51. The Kier molecular flexibility index (Phi) is 4.88. The number of nitrogens with zero attached hydrogens (tertiary/aromatic N) is 2. The van der Waals surface area contributed by atoms with Crippen LogP contribution in [0.2, 0.25) is 0 Å². The van der Waals surface area contributed by atoms with Crippen molar-refractivity contribution in [2.45, 2.75) is 13.3 Å². The summed E-state index contributed by atoms with van der Waals surface area (Å²) in [6.45, 7) is 2.87. The third-order valence-corrected chi connectivity index (χ3v) is 3.31. The molecule has 0 spiro atoms. The average Bonchev–Trinajstić information content (AvgIpc) is 3.09. The predicted octanol–water partition coefficient (Wildman–Crippen LogP) is 3.76. The van der Waals surface area contributed by atoms with Crippen molar-refractivity contribution in [2.75, 3.05) is 13.2 Å². The lowest BCUT2D eigenvalue weighted by Gasteiger charge is -2.07. The van der Waals surface area contributed by atoms with Gasteiger partial charge in [0, 0.05) is 5.56 Å². The van der Waals surface area contributed by atoms with E-state index in [1.807, 2.05) is 48.5 Å². The van der Waals surface area contributed by atoms with Gasteiger partial charge in [-0.1, -0.05) is 42.4 Å². The smallest absolute Gasteiger partial charge is 0.415 e. The summed E-state index contributed by atoms with van der Waals surface area (Å²) in [6.07, 6.45) is 1.13. The topological polar surface area (TPSA) is 57.4 Å². The Hall–Kier alpha value is -2.82. The van der Waals surface area contributed by atoms with Crippen molar-refractivity contribution in [1.82, 2.24) is 10.2 Å². The molecule has 3 aromatic rings. The van der Waals surface area contributed by atoms with Gasteiger partial charge < -0.3 is 13.9 Å². The van der Waals surface area contributed by atoms with Crippen molar-refractivity contribution >= 4 is 0 Å². The average molecular weight is 310 g/mol. The van der Waals surface area contributed by atoms with Gasteiger partial charge in [-0.15, -0.1) is 5.10 Å². The highest BCUT2D eigenvalue weighted by atomic mass is 16.6. The largest absolute Gasteiger partial charge is 0.490 e. The third kappa shape index (κ3) is 4.10. The zero-order chi connectivity index (χ0) is 15.9. The number of ether oxygens (including phenoxy) is 2. The Morgan fingerprint density at radius 3 is 2.57 bits per heavy atom. The number of aryl methyl sites for hydroxylation is 1. The van der Waals surface area contributed by atoms with Crippen LogP contribution in [-0.2, 0) is 6.42 Å². The summed E-state index contributed by atoms with van der Waals surface area (Å²) in [5.41, 5.74) is 2.11. The summed E-state index contributed by atoms with van der Waals surface area (Å²) < 4.78 is 16.5. The van der Waals surface area contributed by atoms with E-state index in [4.69, 9.17) is 13.9 Å². The Bertz CT molecular complexity index is 741. The van der Waals surface area contributed by atoms with Gasteiger partial charge in [-0.05, 0) is 36.2 Å². The van der Waals surface area contributed by atoms with Crippen molar-refractivity contribution in [3.63, 3.8) is 0 Å². The fourth-order valence-electron chi connectivity index (χ4n) is 2.11. The van der Waals surface area contributed by atoms with Crippen molar-refractivity contribution < 1.29 is 13.9 Å². The molecular weight excluding hydrogens is 292 g/mol. The second-order valence-electron chi connectivity index (χ2n) is 4.94. The second-order valence-corrected chi connectivity index (χ2v) is 4.94. The van der Waals surface area contributed by atoms with Crippen LogP contribution in [0.15, 0.2) is 59.0 Å². The standard InChI is InChI=1S/C18H18N2O3/c1-2-14-7-6-10-16(13-14)21-11-12-22-18-20-19-17(23-18)15-8-4-3-5-9-15/h3-10,13H,2,11-12H2,1H3. The molecule has 0 amide bonds. The summed E-state index contributed by atoms with van der Waals surface area (Å²) in [5.74, 6) is 1.28. The molecule has 2 aromatic carbocycles. The fourth-order valence-corrected chi connectivity index (χ4v) is 2.11. The molecule has 0 unspecified atom stereocenters. The van der Waals surface area contributed by atoms with Gasteiger partial charge in [0.2, 0.25) is 0 Å². The van der Waals surface area contributed by atoms with E-state index in [0.717, 1.165) is 17.7 Å². The lowest BCUT2D eigenvalue weighted by Crippen LogP contribution is -2.09. The van der Waals surface area contributed by atoms with Gasteiger partial charge in [0.1, 0.15) is 19.0 Å². The molecule has 1 heterocycles. The van der Waals surface area contributed by atoms with Crippen molar-refractivity contribution in [3.8, 4) is 23.3 Å². The third-order valence-electron chi connectivity index (χ3n) is 3.31. The first kappa shape index (κ1) is 15.1. The van der Waals surface area contributed by atoms with Gasteiger partial charge in [-0.2, -0.15) is 0 Å². The molecule has 0 aliphatic carbocycles. The minimum atomic E-state index is 0.148. The first-order valence-electron chi connectivity index (χ1n) is 7.58. The number of aromatic nitrogens is 2. The molecule has 118 valence electrons. The van der Waals surface area contributed by atoms with E-state index in [1.54, 1.807) is 0 Å². The number of rotatable bonds is 7. The van der Waals surface area contributed by atoms with E-state index in [-0.39, 0.29) is 6.08 Å². The summed E-state index contributed by atoms with van der Waals surface area (Å²) >= 11 is 0. The van der Waals surface area contributed by atoms with Crippen molar-refractivity contribution in [1.29, 1.82) is 0 Å². The van der Waals surface area contributed by atoms with Gasteiger partial charge >= 0.3 is 6.08 Å². The number of hydrogen-bond acceptors (Lipinski definition) is 5. The van der Waals surface area contributed by atoms with Crippen LogP contribution < -0.4 is 9.47 Å². The van der Waals surface area contributed by atoms with Crippen LogP contribution in [0.5, 0.6) is 11.8 Å². The lowest BCUT2D eigenvalue weighted by atomic mass is 10.2. The SMILES string of the molecule is CCc1cccc(OCCOc2nnc(-c3ccccc3)o2)c1. The van der Waals surface area contributed by atoms with E-state index in [0.29, 0.717) is 19.1 Å². The Morgan fingerprint density at radius 1 is 0.913 bits per heavy atom. The molecule has 0 saturated heterocycles. The molecule has 0 aliphatic rings. The first-order valence-corrected chi connectivity index (χ1v) is 7.58. The van der Waals surface area contributed by atoms with Crippen LogP contribution in [0.3, 0.4) is 0 Å². The lowest BCUT2D eigenvalue weighted by molar-refractivity contribution is 0.177. The van der Waals surface area contributed by atoms with Crippen molar-refractivity contribution in [3.05, 3.63) is 60.2 Å². The van der Waals surface area contributed by atoms with Crippen LogP contribution in [0.4, 0.5) is 0 Å². The molecule has 5 heteroatoms. The molecule has 0 fully saturated rings. The van der Waals surface area contributed by atoms with Crippen molar-refractivity contribution in [2.24, 2.45) is 0 Å². The zero-order valence-corrected chi connectivity index (χ0v) is 12.9. The molecule has 0 radical (unpaired) electrons. The zero-order valence-electron chi connectivity index (χ0n) is 12.9. The summed E-state index contributed by atoms with van der Waals surface area (Å²) in [6, 6.07) is 17.6. The summed E-state index contributed by atoms with van der Waals surface area (Å²) in [5, 5.41) is 7.83. The van der Waals surface area contributed by atoms with Gasteiger partial charge in [-0.25, -0.2) is 0 Å². The monoisotopic (exact) mass is 310 g/mol. The molecule has 0 saturated carbocycles.